The summed E-state index contributed by atoms with van der Waals surface area (Å²) in [6.07, 6.45) is 0. The SMILES string of the molecule is COc1ccccc1NC(=O)NCCOc1cccc(C(C)(C)C)c1. The molecule has 0 fully saturated rings. The van der Waals surface area contributed by atoms with Crippen molar-refractivity contribution in [3.8, 4) is 11.5 Å². The number of ether oxygens (including phenoxy) is 2. The maximum atomic E-state index is 11.9. The van der Waals surface area contributed by atoms with Gasteiger partial charge in [-0.3, -0.25) is 0 Å². The average Bonchev–Trinajstić information content (AvgIpc) is 2.59. The van der Waals surface area contributed by atoms with Crippen molar-refractivity contribution in [1.29, 1.82) is 0 Å². The van der Waals surface area contributed by atoms with Crippen molar-refractivity contribution in [1.82, 2.24) is 5.32 Å². The predicted octanol–water partition coefficient (Wildman–Crippen LogP) is 4.19. The molecule has 0 saturated heterocycles. The summed E-state index contributed by atoms with van der Waals surface area (Å²) in [5.74, 6) is 1.42. The number of nitrogens with one attached hydrogen (secondary N) is 2. The fourth-order valence-corrected chi connectivity index (χ4v) is 2.30. The standard InChI is InChI=1S/C20H26N2O3/c1-20(2,3)15-8-7-9-16(14-15)25-13-12-21-19(23)22-17-10-5-6-11-18(17)24-4/h5-11,14H,12-13H2,1-4H3,(H2,21,22,23). The third-order valence-corrected chi connectivity index (χ3v) is 3.71. The molecule has 0 unspecified atom stereocenters. The zero-order valence-corrected chi connectivity index (χ0v) is 15.3. The molecule has 0 spiro atoms. The fourth-order valence-electron chi connectivity index (χ4n) is 2.30. The molecule has 2 amide bonds. The molecule has 5 nitrogen and oxygen atoms in total. The lowest BCUT2D eigenvalue weighted by atomic mass is 9.87. The highest BCUT2D eigenvalue weighted by Crippen LogP contribution is 2.25. The first kappa shape index (κ1) is 18.6. The van der Waals surface area contributed by atoms with E-state index >= 15 is 0 Å². The molecule has 0 radical (unpaired) electrons. The lowest BCUT2D eigenvalue weighted by Crippen LogP contribution is -2.32. The van der Waals surface area contributed by atoms with Gasteiger partial charge in [0.05, 0.1) is 19.3 Å². The molecule has 0 aliphatic heterocycles. The van der Waals surface area contributed by atoms with Crippen LogP contribution < -0.4 is 20.1 Å². The van der Waals surface area contributed by atoms with Crippen LogP contribution >= 0.6 is 0 Å². The molecule has 0 bridgehead atoms. The Bertz CT molecular complexity index is 708. The van der Waals surface area contributed by atoms with Gasteiger partial charge in [0.15, 0.2) is 0 Å². The van der Waals surface area contributed by atoms with Crippen molar-refractivity contribution < 1.29 is 14.3 Å². The first-order valence-corrected chi connectivity index (χ1v) is 8.31. The van der Waals surface area contributed by atoms with Gasteiger partial charge in [-0.2, -0.15) is 0 Å². The van der Waals surface area contributed by atoms with Crippen LogP contribution in [0.15, 0.2) is 48.5 Å². The van der Waals surface area contributed by atoms with Crippen molar-refractivity contribution in [2.45, 2.75) is 26.2 Å². The minimum atomic E-state index is -0.295. The Morgan fingerprint density at radius 2 is 1.84 bits per heavy atom. The van der Waals surface area contributed by atoms with Gasteiger partial charge in [0.2, 0.25) is 0 Å². The van der Waals surface area contributed by atoms with Crippen molar-refractivity contribution in [2.24, 2.45) is 0 Å². The third-order valence-electron chi connectivity index (χ3n) is 3.71. The molecular formula is C20H26N2O3. The van der Waals surface area contributed by atoms with Crippen LogP contribution in [0.3, 0.4) is 0 Å². The molecule has 5 heteroatoms. The van der Waals surface area contributed by atoms with Crippen molar-refractivity contribution in [3.05, 3.63) is 54.1 Å². The van der Waals surface area contributed by atoms with Crippen molar-refractivity contribution >= 4 is 11.7 Å². The Kier molecular flexibility index (Phi) is 6.28. The topological polar surface area (TPSA) is 59.6 Å². The molecule has 0 heterocycles. The lowest BCUT2D eigenvalue weighted by molar-refractivity contribution is 0.247. The molecule has 134 valence electrons. The zero-order valence-electron chi connectivity index (χ0n) is 15.3. The van der Waals surface area contributed by atoms with E-state index in [-0.39, 0.29) is 11.4 Å². The van der Waals surface area contributed by atoms with Gasteiger partial charge in [-0.25, -0.2) is 4.79 Å². The van der Waals surface area contributed by atoms with E-state index in [2.05, 4.69) is 37.5 Å². The van der Waals surface area contributed by atoms with Crippen LogP contribution in [-0.2, 0) is 5.41 Å². The highest BCUT2D eigenvalue weighted by Gasteiger charge is 2.13. The Labute approximate surface area is 149 Å². The first-order valence-electron chi connectivity index (χ1n) is 8.31. The fraction of sp³-hybridized carbons (Fsp3) is 0.350. The van der Waals surface area contributed by atoms with Crippen LogP contribution in [0, 0.1) is 0 Å². The van der Waals surface area contributed by atoms with E-state index in [1.165, 1.54) is 5.56 Å². The number of methoxy groups -OCH3 is 1. The van der Waals surface area contributed by atoms with Gasteiger partial charge < -0.3 is 20.1 Å². The van der Waals surface area contributed by atoms with Gasteiger partial charge >= 0.3 is 6.03 Å². The Morgan fingerprint density at radius 1 is 1.08 bits per heavy atom. The molecule has 2 aromatic carbocycles. The summed E-state index contributed by atoms with van der Waals surface area (Å²) in [6.45, 7) is 7.29. The van der Waals surface area contributed by atoms with Gasteiger partial charge in [-0.1, -0.05) is 45.0 Å². The largest absolute Gasteiger partial charge is 0.495 e. The van der Waals surface area contributed by atoms with E-state index in [1.807, 2.05) is 30.3 Å². The number of rotatable bonds is 6. The molecule has 2 N–H and O–H groups in total. The molecule has 0 saturated carbocycles. The number of carbonyl (C=O) groups excluding carboxylic acids is 1. The minimum absolute atomic E-state index is 0.0756. The quantitative estimate of drug-likeness (QED) is 0.774. The van der Waals surface area contributed by atoms with Gasteiger partial charge in [-0.15, -0.1) is 0 Å². The molecule has 25 heavy (non-hydrogen) atoms. The van der Waals surface area contributed by atoms with Gasteiger partial charge in [0.1, 0.15) is 18.1 Å². The smallest absolute Gasteiger partial charge is 0.319 e. The van der Waals surface area contributed by atoms with Crippen LogP contribution in [0.5, 0.6) is 11.5 Å². The maximum Gasteiger partial charge on any atom is 0.319 e. The first-order chi connectivity index (χ1) is 11.9. The van der Waals surface area contributed by atoms with Gasteiger partial charge in [0.25, 0.3) is 0 Å². The second-order valence-electron chi connectivity index (χ2n) is 6.71. The molecule has 2 aromatic rings. The van der Waals surface area contributed by atoms with Crippen LogP contribution in [0.25, 0.3) is 0 Å². The van der Waals surface area contributed by atoms with Crippen molar-refractivity contribution in [2.75, 3.05) is 25.6 Å². The Morgan fingerprint density at radius 3 is 2.56 bits per heavy atom. The molecule has 0 aromatic heterocycles. The summed E-state index contributed by atoms with van der Waals surface area (Å²) in [5.41, 5.74) is 1.92. The second-order valence-corrected chi connectivity index (χ2v) is 6.71. The summed E-state index contributed by atoms with van der Waals surface area (Å²) in [7, 11) is 1.57. The van der Waals surface area contributed by atoms with E-state index in [1.54, 1.807) is 19.2 Å². The van der Waals surface area contributed by atoms with Gasteiger partial charge in [-0.05, 0) is 35.2 Å². The number of hydrogen-bond acceptors (Lipinski definition) is 3. The maximum absolute atomic E-state index is 11.9. The van der Waals surface area contributed by atoms with E-state index in [0.717, 1.165) is 5.75 Å². The number of urea groups is 1. The average molecular weight is 342 g/mol. The van der Waals surface area contributed by atoms with Crippen LogP contribution in [0.2, 0.25) is 0 Å². The summed E-state index contributed by atoms with van der Waals surface area (Å²) < 4.78 is 10.9. The predicted molar refractivity (Wildman–Crippen MR) is 101 cm³/mol. The lowest BCUT2D eigenvalue weighted by Gasteiger charge is -2.19. The molecule has 0 aliphatic carbocycles. The monoisotopic (exact) mass is 342 g/mol. The summed E-state index contributed by atoms with van der Waals surface area (Å²) in [4.78, 5) is 11.9. The zero-order chi connectivity index (χ0) is 18.3. The number of hydrogen-bond donors (Lipinski definition) is 2. The molecule has 2 rings (SSSR count). The van der Waals surface area contributed by atoms with E-state index < -0.39 is 0 Å². The van der Waals surface area contributed by atoms with E-state index in [4.69, 9.17) is 9.47 Å². The number of para-hydroxylation sites is 2. The number of benzene rings is 2. The molecule has 0 aliphatic rings. The highest BCUT2D eigenvalue weighted by molar-refractivity contribution is 5.90. The van der Waals surface area contributed by atoms with Crippen molar-refractivity contribution in [3.63, 3.8) is 0 Å². The van der Waals surface area contributed by atoms with Crippen LogP contribution in [0.1, 0.15) is 26.3 Å². The summed E-state index contributed by atoms with van der Waals surface area (Å²) >= 11 is 0. The summed E-state index contributed by atoms with van der Waals surface area (Å²) in [5, 5.41) is 5.53. The minimum Gasteiger partial charge on any atom is -0.495 e. The van der Waals surface area contributed by atoms with Crippen LogP contribution in [0.4, 0.5) is 10.5 Å². The second kappa shape index (κ2) is 8.42. The number of anilines is 1. The highest BCUT2D eigenvalue weighted by atomic mass is 16.5. The summed E-state index contributed by atoms with van der Waals surface area (Å²) in [6, 6.07) is 15.0. The number of carbonyl (C=O) groups is 1. The Balaban J connectivity index is 1.78. The normalized spacial score (nSPS) is 10.9. The van der Waals surface area contributed by atoms with E-state index in [9.17, 15) is 4.79 Å². The number of amides is 2. The van der Waals surface area contributed by atoms with E-state index in [0.29, 0.717) is 24.6 Å². The van der Waals surface area contributed by atoms with Crippen LogP contribution in [-0.4, -0.2) is 26.3 Å². The molecular weight excluding hydrogens is 316 g/mol. The van der Waals surface area contributed by atoms with Gasteiger partial charge in [0, 0.05) is 0 Å². The molecule has 0 atom stereocenters. The third kappa shape index (κ3) is 5.71. The Hall–Kier alpha value is -2.69.